The first kappa shape index (κ1) is 16.3. The summed E-state index contributed by atoms with van der Waals surface area (Å²) in [6.45, 7) is 5.18. The summed E-state index contributed by atoms with van der Waals surface area (Å²) >= 11 is 0. The molecule has 2 fully saturated rings. The van der Waals surface area contributed by atoms with Crippen LogP contribution in [0.1, 0.15) is 77.6 Å². The Balaban J connectivity index is 1.67. The van der Waals surface area contributed by atoms with Gasteiger partial charge in [0.05, 0.1) is 0 Å². The van der Waals surface area contributed by atoms with Crippen LogP contribution < -0.4 is 5.32 Å². The van der Waals surface area contributed by atoms with E-state index in [-0.39, 0.29) is 0 Å². The van der Waals surface area contributed by atoms with Crippen molar-refractivity contribution in [3.8, 4) is 0 Å². The van der Waals surface area contributed by atoms with E-state index in [2.05, 4.69) is 12.2 Å². The van der Waals surface area contributed by atoms with E-state index in [1.54, 1.807) is 0 Å². The van der Waals surface area contributed by atoms with Crippen molar-refractivity contribution in [3.63, 3.8) is 0 Å². The molecular weight excluding hydrogens is 246 g/mol. The fraction of sp³-hybridized carbons (Fsp3) is 1.00. The largest absolute Gasteiger partial charge is 0.381 e. The Morgan fingerprint density at radius 1 is 0.900 bits per heavy atom. The van der Waals surface area contributed by atoms with Crippen LogP contribution in [-0.4, -0.2) is 25.8 Å². The van der Waals surface area contributed by atoms with E-state index in [1.807, 2.05) is 0 Å². The molecule has 2 aliphatic rings. The van der Waals surface area contributed by atoms with E-state index in [4.69, 9.17) is 4.74 Å². The van der Waals surface area contributed by atoms with Gasteiger partial charge in [0.1, 0.15) is 0 Å². The van der Waals surface area contributed by atoms with E-state index < -0.39 is 0 Å². The molecule has 2 unspecified atom stereocenters. The van der Waals surface area contributed by atoms with Gasteiger partial charge in [0.25, 0.3) is 0 Å². The van der Waals surface area contributed by atoms with Gasteiger partial charge in [-0.25, -0.2) is 0 Å². The Morgan fingerprint density at radius 2 is 1.65 bits per heavy atom. The van der Waals surface area contributed by atoms with E-state index in [9.17, 15) is 0 Å². The monoisotopic (exact) mass is 281 g/mol. The predicted octanol–water partition coefficient (Wildman–Crippen LogP) is 4.53. The fourth-order valence-electron chi connectivity index (χ4n) is 4.25. The molecule has 1 N–H and O–H groups in total. The molecule has 0 saturated heterocycles. The topological polar surface area (TPSA) is 21.3 Å². The molecule has 0 amide bonds. The van der Waals surface area contributed by atoms with Gasteiger partial charge in [0.2, 0.25) is 0 Å². The SMILES string of the molecule is CCCOCCCNC1CCCCC1C1CCCCC1. The maximum atomic E-state index is 5.58. The highest BCUT2D eigenvalue weighted by atomic mass is 16.5. The fourth-order valence-corrected chi connectivity index (χ4v) is 4.25. The first-order valence-corrected chi connectivity index (χ1v) is 9.23. The highest BCUT2D eigenvalue weighted by molar-refractivity contribution is 4.86. The van der Waals surface area contributed by atoms with Gasteiger partial charge < -0.3 is 10.1 Å². The van der Waals surface area contributed by atoms with Crippen LogP contribution in [0.4, 0.5) is 0 Å². The quantitative estimate of drug-likeness (QED) is 0.660. The molecule has 2 aliphatic carbocycles. The summed E-state index contributed by atoms with van der Waals surface area (Å²) in [5.74, 6) is 2.00. The number of rotatable bonds is 8. The minimum Gasteiger partial charge on any atom is -0.381 e. The van der Waals surface area contributed by atoms with Crippen molar-refractivity contribution in [1.29, 1.82) is 0 Å². The summed E-state index contributed by atoms with van der Waals surface area (Å²) in [7, 11) is 0. The molecule has 0 aromatic heterocycles. The molecule has 20 heavy (non-hydrogen) atoms. The molecule has 0 heterocycles. The predicted molar refractivity (Wildman–Crippen MR) is 86.1 cm³/mol. The van der Waals surface area contributed by atoms with Crippen molar-refractivity contribution in [3.05, 3.63) is 0 Å². The zero-order chi connectivity index (χ0) is 14.0. The first-order valence-electron chi connectivity index (χ1n) is 9.23. The van der Waals surface area contributed by atoms with E-state index in [0.717, 1.165) is 44.1 Å². The third-order valence-electron chi connectivity index (χ3n) is 5.30. The minimum atomic E-state index is 0.804. The molecule has 0 aromatic carbocycles. The van der Waals surface area contributed by atoms with Crippen molar-refractivity contribution >= 4 is 0 Å². The van der Waals surface area contributed by atoms with Gasteiger partial charge in [-0.3, -0.25) is 0 Å². The lowest BCUT2D eigenvalue weighted by Crippen LogP contribution is -2.43. The molecule has 0 spiro atoms. The number of ether oxygens (including phenoxy) is 1. The summed E-state index contributed by atoms with van der Waals surface area (Å²) in [6.07, 6.45) is 15.6. The second-order valence-electron chi connectivity index (χ2n) is 6.87. The summed E-state index contributed by atoms with van der Waals surface area (Å²) in [5.41, 5.74) is 0. The lowest BCUT2D eigenvalue weighted by Gasteiger charge is -2.39. The van der Waals surface area contributed by atoms with Crippen LogP contribution in [0.25, 0.3) is 0 Å². The Bertz CT molecular complexity index is 238. The van der Waals surface area contributed by atoms with Crippen LogP contribution in [0.2, 0.25) is 0 Å². The molecule has 2 nitrogen and oxygen atoms in total. The lowest BCUT2D eigenvalue weighted by molar-refractivity contribution is 0.123. The maximum absolute atomic E-state index is 5.58. The van der Waals surface area contributed by atoms with E-state index in [0.29, 0.717) is 0 Å². The second kappa shape index (κ2) is 9.78. The molecule has 0 aliphatic heterocycles. The molecule has 2 atom stereocenters. The summed E-state index contributed by atoms with van der Waals surface area (Å²) in [5, 5.41) is 3.87. The number of nitrogens with one attached hydrogen (secondary N) is 1. The van der Waals surface area contributed by atoms with Gasteiger partial charge >= 0.3 is 0 Å². The Morgan fingerprint density at radius 3 is 2.45 bits per heavy atom. The second-order valence-corrected chi connectivity index (χ2v) is 6.87. The third kappa shape index (κ3) is 5.37. The van der Waals surface area contributed by atoms with Gasteiger partial charge in [0, 0.05) is 19.3 Å². The van der Waals surface area contributed by atoms with Crippen LogP contribution in [0.15, 0.2) is 0 Å². The van der Waals surface area contributed by atoms with Crippen LogP contribution >= 0.6 is 0 Å². The molecule has 2 heteroatoms. The van der Waals surface area contributed by atoms with Gasteiger partial charge in [-0.2, -0.15) is 0 Å². The zero-order valence-corrected chi connectivity index (χ0v) is 13.5. The molecule has 118 valence electrons. The molecule has 2 saturated carbocycles. The van der Waals surface area contributed by atoms with E-state index >= 15 is 0 Å². The Labute approximate surface area is 126 Å². The van der Waals surface area contributed by atoms with Crippen LogP contribution in [0.3, 0.4) is 0 Å². The van der Waals surface area contributed by atoms with E-state index in [1.165, 1.54) is 64.2 Å². The Hall–Kier alpha value is -0.0800. The highest BCUT2D eigenvalue weighted by Gasteiger charge is 2.31. The van der Waals surface area contributed by atoms with Gasteiger partial charge in [-0.1, -0.05) is 51.9 Å². The molecular formula is C18H35NO. The van der Waals surface area contributed by atoms with Crippen LogP contribution in [-0.2, 0) is 4.74 Å². The average Bonchev–Trinajstić information content (AvgIpc) is 2.52. The van der Waals surface area contributed by atoms with Crippen molar-refractivity contribution in [2.24, 2.45) is 11.8 Å². The Kier molecular flexibility index (Phi) is 7.97. The van der Waals surface area contributed by atoms with Crippen molar-refractivity contribution in [2.45, 2.75) is 83.6 Å². The average molecular weight is 281 g/mol. The first-order chi connectivity index (χ1) is 9.92. The van der Waals surface area contributed by atoms with Gasteiger partial charge in [0.15, 0.2) is 0 Å². The summed E-state index contributed by atoms with van der Waals surface area (Å²) < 4.78 is 5.58. The van der Waals surface area contributed by atoms with Crippen LogP contribution in [0, 0.1) is 11.8 Å². The van der Waals surface area contributed by atoms with Crippen molar-refractivity contribution in [2.75, 3.05) is 19.8 Å². The summed E-state index contributed by atoms with van der Waals surface area (Å²) in [6, 6.07) is 0.804. The summed E-state index contributed by atoms with van der Waals surface area (Å²) in [4.78, 5) is 0. The lowest BCUT2D eigenvalue weighted by atomic mass is 9.71. The zero-order valence-electron chi connectivity index (χ0n) is 13.5. The molecule has 2 rings (SSSR count). The van der Waals surface area contributed by atoms with Crippen molar-refractivity contribution in [1.82, 2.24) is 5.32 Å². The highest BCUT2D eigenvalue weighted by Crippen LogP contribution is 2.38. The van der Waals surface area contributed by atoms with Crippen LogP contribution in [0.5, 0.6) is 0 Å². The molecule has 0 radical (unpaired) electrons. The van der Waals surface area contributed by atoms with Crippen molar-refractivity contribution < 1.29 is 4.74 Å². The number of hydrogen-bond donors (Lipinski definition) is 1. The maximum Gasteiger partial charge on any atom is 0.0478 e. The molecule has 0 bridgehead atoms. The van der Waals surface area contributed by atoms with Gasteiger partial charge in [-0.15, -0.1) is 0 Å². The molecule has 0 aromatic rings. The third-order valence-corrected chi connectivity index (χ3v) is 5.30. The smallest absolute Gasteiger partial charge is 0.0478 e. The van der Waals surface area contributed by atoms with Gasteiger partial charge in [-0.05, 0) is 44.1 Å². The minimum absolute atomic E-state index is 0.804. The number of hydrogen-bond acceptors (Lipinski definition) is 2. The normalized spacial score (nSPS) is 28.6. The standard InChI is InChI=1S/C18H35NO/c1-2-14-20-15-8-13-19-18-12-7-6-11-17(18)16-9-4-3-5-10-16/h16-19H,2-15H2,1H3.